The van der Waals surface area contributed by atoms with Gasteiger partial charge in [-0.15, -0.1) is 0 Å². The lowest BCUT2D eigenvalue weighted by Gasteiger charge is -2.32. The van der Waals surface area contributed by atoms with E-state index >= 15 is 0 Å². The highest BCUT2D eigenvalue weighted by atomic mass is 19.1. The van der Waals surface area contributed by atoms with Gasteiger partial charge in [-0.1, -0.05) is 25.0 Å². The number of ether oxygens (including phenoxy) is 2. The van der Waals surface area contributed by atoms with Gasteiger partial charge in [-0.3, -0.25) is 0 Å². The largest absolute Gasteiger partial charge is 0.444 e. The highest BCUT2D eigenvalue weighted by Gasteiger charge is 2.29. The molecule has 0 radical (unpaired) electrons. The molecule has 1 saturated carbocycles. The van der Waals surface area contributed by atoms with Crippen LogP contribution in [0.15, 0.2) is 24.3 Å². The predicted molar refractivity (Wildman–Crippen MR) is 86.6 cm³/mol. The number of hydrogen-bond acceptors (Lipinski definition) is 3. The van der Waals surface area contributed by atoms with Crippen LogP contribution < -0.4 is 5.32 Å². The van der Waals surface area contributed by atoms with Crippen molar-refractivity contribution in [2.24, 2.45) is 0 Å². The van der Waals surface area contributed by atoms with Gasteiger partial charge in [-0.05, 0) is 51.3 Å². The molecule has 2 unspecified atom stereocenters. The normalized spacial score (nSPS) is 21.7. The first-order chi connectivity index (χ1) is 10.8. The molecule has 1 aliphatic rings. The van der Waals surface area contributed by atoms with Crippen LogP contribution in [0.1, 0.15) is 52.0 Å². The molecule has 4 nitrogen and oxygen atoms in total. The Bertz CT molecular complexity index is 527. The van der Waals surface area contributed by atoms with Crippen molar-refractivity contribution in [1.29, 1.82) is 0 Å². The van der Waals surface area contributed by atoms with Crippen molar-refractivity contribution >= 4 is 6.09 Å². The van der Waals surface area contributed by atoms with E-state index in [9.17, 15) is 9.18 Å². The molecular weight excluding hydrogens is 297 g/mol. The average molecular weight is 323 g/mol. The minimum Gasteiger partial charge on any atom is -0.444 e. The highest BCUT2D eigenvalue weighted by Crippen LogP contribution is 2.23. The Labute approximate surface area is 137 Å². The van der Waals surface area contributed by atoms with Crippen LogP contribution in [-0.2, 0) is 16.1 Å². The summed E-state index contributed by atoms with van der Waals surface area (Å²) < 4.78 is 24.5. The minimum absolute atomic E-state index is 0.0628. The fourth-order valence-electron chi connectivity index (χ4n) is 2.75. The van der Waals surface area contributed by atoms with Gasteiger partial charge in [0.1, 0.15) is 11.4 Å². The zero-order valence-electron chi connectivity index (χ0n) is 14.1. The molecular formula is C18H26FNO3. The standard InChI is InChI=1S/C18H26FNO3/c1-18(2,3)23-17(21)20-15-9-4-5-10-16(15)22-12-13-7-6-8-14(19)11-13/h6-8,11,15-16H,4-5,9-10,12H2,1-3H3,(H,20,21). The van der Waals surface area contributed by atoms with Crippen molar-refractivity contribution in [1.82, 2.24) is 5.32 Å². The van der Waals surface area contributed by atoms with Crippen LogP contribution in [0.2, 0.25) is 0 Å². The van der Waals surface area contributed by atoms with Crippen molar-refractivity contribution in [3.8, 4) is 0 Å². The molecule has 0 spiro atoms. The maximum atomic E-state index is 13.2. The molecule has 128 valence electrons. The van der Waals surface area contributed by atoms with Crippen LogP contribution in [0.4, 0.5) is 9.18 Å². The molecule has 0 heterocycles. The minimum atomic E-state index is -0.517. The summed E-state index contributed by atoms with van der Waals surface area (Å²) in [5.74, 6) is -0.266. The number of carbonyl (C=O) groups excluding carboxylic acids is 1. The maximum absolute atomic E-state index is 13.2. The molecule has 2 atom stereocenters. The zero-order chi connectivity index (χ0) is 16.9. The average Bonchev–Trinajstić information content (AvgIpc) is 2.44. The number of halogens is 1. The van der Waals surface area contributed by atoms with Crippen molar-refractivity contribution in [2.45, 2.75) is 70.8 Å². The van der Waals surface area contributed by atoms with Gasteiger partial charge in [0, 0.05) is 0 Å². The van der Waals surface area contributed by atoms with Gasteiger partial charge in [0.2, 0.25) is 0 Å². The second kappa shape index (κ2) is 7.77. The van der Waals surface area contributed by atoms with Crippen LogP contribution in [0, 0.1) is 5.82 Å². The SMILES string of the molecule is CC(C)(C)OC(=O)NC1CCCCC1OCc1cccc(F)c1. The number of nitrogens with one attached hydrogen (secondary N) is 1. The molecule has 0 saturated heterocycles. The lowest BCUT2D eigenvalue weighted by molar-refractivity contribution is -0.0114. The van der Waals surface area contributed by atoms with Gasteiger partial charge < -0.3 is 14.8 Å². The number of amides is 1. The molecule has 1 fully saturated rings. The van der Waals surface area contributed by atoms with E-state index in [0.29, 0.717) is 6.61 Å². The molecule has 0 bridgehead atoms. The smallest absolute Gasteiger partial charge is 0.407 e. The summed E-state index contributed by atoms with van der Waals surface area (Å²) in [7, 11) is 0. The number of benzene rings is 1. The van der Waals surface area contributed by atoms with E-state index in [1.807, 2.05) is 26.8 Å². The predicted octanol–water partition coefficient (Wildman–Crippen LogP) is 4.18. The van der Waals surface area contributed by atoms with Crippen LogP contribution in [0.5, 0.6) is 0 Å². The first-order valence-corrected chi connectivity index (χ1v) is 8.19. The van der Waals surface area contributed by atoms with E-state index < -0.39 is 11.7 Å². The van der Waals surface area contributed by atoms with Gasteiger partial charge in [0.15, 0.2) is 0 Å². The maximum Gasteiger partial charge on any atom is 0.407 e. The van der Waals surface area contributed by atoms with E-state index in [0.717, 1.165) is 31.2 Å². The van der Waals surface area contributed by atoms with E-state index in [4.69, 9.17) is 9.47 Å². The third kappa shape index (κ3) is 6.18. The molecule has 0 aliphatic heterocycles. The fourth-order valence-corrected chi connectivity index (χ4v) is 2.75. The van der Waals surface area contributed by atoms with E-state index in [2.05, 4.69) is 5.32 Å². The topological polar surface area (TPSA) is 47.6 Å². The quantitative estimate of drug-likeness (QED) is 0.904. The lowest BCUT2D eigenvalue weighted by atomic mass is 9.92. The molecule has 23 heavy (non-hydrogen) atoms. The summed E-state index contributed by atoms with van der Waals surface area (Å²) >= 11 is 0. The summed E-state index contributed by atoms with van der Waals surface area (Å²) in [6.45, 7) is 5.86. The number of alkyl carbamates (subject to hydrolysis) is 1. The van der Waals surface area contributed by atoms with E-state index in [-0.39, 0.29) is 18.0 Å². The van der Waals surface area contributed by atoms with Crippen molar-refractivity contribution in [2.75, 3.05) is 0 Å². The molecule has 1 aromatic rings. The second-order valence-electron chi connectivity index (χ2n) is 7.02. The van der Waals surface area contributed by atoms with Crippen molar-refractivity contribution in [3.05, 3.63) is 35.6 Å². The monoisotopic (exact) mass is 323 g/mol. The number of rotatable bonds is 4. The third-order valence-electron chi connectivity index (χ3n) is 3.76. The highest BCUT2D eigenvalue weighted by molar-refractivity contribution is 5.68. The van der Waals surface area contributed by atoms with Crippen LogP contribution >= 0.6 is 0 Å². The van der Waals surface area contributed by atoms with Gasteiger partial charge in [-0.25, -0.2) is 9.18 Å². The Hall–Kier alpha value is -1.62. The Balaban J connectivity index is 1.89. The molecule has 1 aliphatic carbocycles. The van der Waals surface area contributed by atoms with Crippen LogP contribution in [-0.4, -0.2) is 23.8 Å². The second-order valence-corrected chi connectivity index (χ2v) is 7.02. The Kier molecular flexibility index (Phi) is 5.99. The van der Waals surface area contributed by atoms with Crippen molar-refractivity contribution in [3.63, 3.8) is 0 Å². The zero-order valence-corrected chi connectivity index (χ0v) is 14.1. The van der Waals surface area contributed by atoms with E-state index in [1.165, 1.54) is 12.1 Å². The molecule has 0 aromatic heterocycles. The third-order valence-corrected chi connectivity index (χ3v) is 3.76. The first-order valence-electron chi connectivity index (χ1n) is 8.19. The Morgan fingerprint density at radius 2 is 2.04 bits per heavy atom. The van der Waals surface area contributed by atoms with E-state index in [1.54, 1.807) is 6.07 Å². The Morgan fingerprint density at radius 3 is 2.74 bits per heavy atom. The molecule has 5 heteroatoms. The fraction of sp³-hybridized carbons (Fsp3) is 0.611. The molecule has 1 aromatic carbocycles. The summed E-state index contributed by atoms with van der Waals surface area (Å²) in [5, 5.41) is 2.91. The van der Waals surface area contributed by atoms with Gasteiger partial charge in [-0.2, -0.15) is 0 Å². The van der Waals surface area contributed by atoms with Gasteiger partial charge >= 0.3 is 6.09 Å². The van der Waals surface area contributed by atoms with Crippen LogP contribution in [0.25, 0.3) is 0 Å². The molecule has 2 rings (SSSR count). The van der Waals surface area contributed by atoms with Gasteiger partial charge in [0.25, 0.3) is 0 Å². The van der Waals surface area contributed by atoms with Crippen molar-refractivity contribution < 1.29 is 18.7 Å². The lowest BCUT2D eigenvalue weighted by Crippen LogP contribution is -2.47. The summed E-state index contributed by atoms with van der Waals surface area (Å²) in [4.78, 5) is 12.0. The summed E-state index contributed by atoms with van der Waals surface area (Å²) in [6.07, 6.45) is 3.40. The summed E-state index contributed by atoms with van der Waals surface area (Å²) in [5.41, 5.74) is 0.281. The molecule has 1 N–H and O–H groups in total. The number of hydrogen-bond donors (Lipinski definition) is 1. The van der Waals surface area contributed by atoms with Gasteiger partial charge in [0.05, 0.1) is 18.8 Å². The first kappa shape index (κ1) is 17.7. The summed E-state index contributed by atoms with van der Waals surface area (Å²) in [6, 6.07) is 6.33. The number of carbonyl (C=O) groups is 1. The molecule has 1 amide bonds. The Morgan fingerprint density at radius 1 is 1.30 bits per heavy atom. The van der Waals surface area contributed by atoms with Crippen LogP contribution in [0.3, 0.4) is 0 Å².